The molecule has 0 aliphatic heterocycles. The number of para-hydroxylation sites is 2. The van der Waals surface area contributed by atoms with Crippen molar-refractivity contribution in [2.45, 2.75) is 25.2 Å². The molecule has 26 heavy (non-hydrogen) atoms. The number of sulfonamides is 1. The van der Waals surface area contributed by atoms with Gasteiger partial charge >= 0.3 is 0 Å². The lowest BCUT2D eigenvalue weighted by Crippen LogP contribution is -2.38. The lowest BCUT2D eigenvalue weighted by atomic mass is 10.2. The average Bonchev–Trinajstić information content (AvgIpc) is 2.63. The molecule has 0 radical (unpaired) electrons. The summed E-state index contributed by atoms with van der Waals surface area (Å²) < 4.78 is 32.4. The van der Waals surface area contributed by atoms with Crippen LogP contribution in [0.2, 0.25) is 0 Å². The fraction of sp³-hybridized carbons (Fsp3) is 0.316. The van der Waals surface area contributed by atoms with Crippen molar-refractivity contribution in [2.75, 3.05) is 25.5 Å². The molecule has 0 saturated heterocycles. The van der Waals surface area contributed by atoms with Crippen LogP contribution >= 0.6 is 0 Å². The molecule has 2 rings (SSSR count). The zero-order valence-corrected chi connectivity index (χ0v) is 16.0. The molecular weight excluding hydrogens is 352 g/mol. The summed E-state index contributed by atoms with van der Waals surface area (Å²) in [6.07, 6.45) is 0.589. The van der Waals surface area contributed by atoms with Gasteiger partial charge in [-0.25, -0.2) is 8.42 Å². The van der Waals surface area contributed by atoms with Crippen LogP contribution in [-0.2, 0) is 14.8 Å². The Morgan fingerprint density at radius 3 is 2.42 bits per heavy atom. The molecule has 1 N–H and O–H groups in total. The van der Waals surface area contributed by atoms with Crippen LogP contribution in [0.1, 0.15) is 18.9 Å². The minimum absolute atomic E-state index is 0.0552. The number of nitrogens with one attached hydrogen (secondary N) is 1. The van der Waals surface area contributed by atoms with Gasteiger partial charge in [0.25, 0.3) is 0 Å². The van der Waals surface area contributed by atoms with Crippen molar-refractivity contribution in [3.63, 3.8) is 0 Å². The molecule has 0 aliphatic carbocycles. The van der Waals surface area contributed by atoms with E-state index >= 15 is 0 Å². The number of anilines is 1. The predicted octanol–water partition coefficient (Wildman–Crippen LogP) is 3.04. The summed E-state index contributed by atoms with van der Waals surface area (Å²) in [4.78, 5) is 12.5. The molecule has 6 nitrogen and oxygen atoms in total. The van der Waals surface area contributed by atoms with E-state index in [9.17, 15) is 13.2 Å². The number of amides is 1. The van der Waals surface area contributed by atoms with Crippen LogP contribution in [0.15, 0.2) is 53.4 Å². The maximum Gasteiger partial charge on any atom is 0.247 e. The van der Waals surface area contributed by atoms with Gasteiger partial charge in [0.1, 0.15) is 10.6 Å². The molecule has 0 atom stereocenters. The summed E-state index contributed by atoms with van der Waals surface area (Å²) in [6.45, 7) is 3.72. The fourth-order valence-corrected chi connectivity index (χ4v) is 4.21. The van der Waals surface area contributed by atoms with Gasteiger partial charge in [0.05, 0.1) is 13.7 Å². The van der Waals surface area contributed by atoms with Gasteiger partial charge in [-0.3, -0.25) is 4.79 Å². The van der Waals surface area contributed by atoms with Gasteiger partial charge in [-0.2, -0.15) is 4.31 Å². The molecule has 2 aromatic rings. The van der Waals surface area contributed by atoms with Crippen LogP contribution < -0.4 is 10.1 Å². The zero-order chi connectivity index (χ0) is 19.2. The molecule has 140 valence electrons. The molecule has 0 spiro atoms. The highest BCUT2D eigenvalue weighted by Crippen LogP contribution is 2.26. The molecule has 0 bridgehead atoms. The van der Waals surface area contributed by atoms with Crippen LogP contribution in [0, 0.1) is 6.92 Å². The molecule has 0 aliphatic rings. The van der Waals surface area contributed by atoms with Crippen molar-refractivity contribution in [3.8, 4) is 5.75 Å². The first-order chi connectivity index (χ1) is 12.4. The van der Waals surface area contributed by atoms with E-state index in [1.54, 1.807) is 24.3 Å². The second-order valence-electron chi connectivity index (χ2n) is 5.85. The molecule has 0 unspecified atom stereocenters. The lowest BCUT2D eigenvalue weighted by Gasteiger charge is -2.22. The minimum atomic E-state index is -3.86. The Morgan fingerprint density at radius 1 is 1.12 bits per heavy atom. The Hall–Kier alpha value is -2.38. The van der Waals surface area contributed by atoms with E-state index in [1.165, 1.54) is 17.5 Å². The van der Waals surface area contributed by atoms with E-state index in [0.717, 1.165) is 5.56 Å². The predicted molar refractivity (Wildman–Crippen MR) is 102 cm³/mol. The van der Waals surface area contributed by atoms with E-state index in [2.05, 4.69) is 5.32 Å². The fourth-order valence-electron chi connectivity index (χ4n) is 2.57. The number of carbonyl (C=O) groups is 1. The number of ether oxygens (including phenoxy) is 1. The zero-order valence-electron chi connectivity index (χ0n) is 15.2. The molecule has 0 saturated carbocycles. The number of methoxy groups -OCH3 is 1. The van der Waals surface area contributed by atoms with Crippen molar-refractivity contribution in [2.24, 2.45) is 0 Å². The van der Waals surface area contributed by atoms with Gasteiger partial charge < -0.3 is 10.1 Å². The van der Waals surface area contributed by atoms with E-state index in [4.69, 9.17) is 4.74 Å². The molecular formula is C19H24N2O4S. The third kappa shape index (κ3) is 4.62. The van der Waals surface area contributed by atoms with Crippen LogP contribution in [0.5, 0.6) is 5.75 Å². The van der Waals surface area contributed by atoms with Gasteiger partial charge in [-0.1, -0.05) is 37.3 Å². The number of carbonyl (C=O) groups excluding carboxylic acids is 1. The maximum atomic E-state index is 13.0. The highest BCUT2D eigenvalue weighted by molar-refractivity contribution is 7.89. The Balaban J connectivity index is 2.25. The van der Waals surface area contributed by atoms with Crippen molar-refractivity contribution in [1.29, 1.82) is 0 Å². The summed E-state index contributed by atoms with van der Waals surface area (Å²) in [7, 11) is -2.44. The SMILES string of the molecule is CCCN(CC(=O)Nc1ccccc1C)S(=O)(=O)c1ccccc1OC. The van der Waals surface area contributed by atoms with E-state index in [1.807, 2.05) is 32.0 Å². The molecule has 0 aromatic heterocycles. The molecule has 1 amide bonds. The van der Waals surface area contributed by atoms with Crippen LogP contribution in [0.25, 0.3) is 0 Å². The smallest absolute Gasteiger partial charge is 0.247 e. The molecule has 2 aromatic carbocycles. The van der Waals surface area contributed by atoms with Gasteiger partial charge in [0.2, 0.25) is 15.9 Å². The van der Waals surface area contributed by atoms with Gasteiger partial charge in [-0.05, 0) is 37.1 Å². The third-order valence-electron chi connectivity index (χ3n) is 3.90. The minimum Gasteiger partial charge on any atom is -0.495 e. The first kappa shape index (κ1) is 19.9. The number of nitrogens with zero attached hydrogens (tertiary/aromatic N) is 1. The van der Waals surface area contributed by atoms with Gasteiger partial charge in [-0.15, -0.1) is 0 Å². The third-order valence-corrected chi connectivity index (χ3v) is 5.78. The number of rotatable bonds is 8. The highest BCUT2D eigenvalue weighted by Gasteiger charge is 2.28. The Morgan fingerprint density at radius 2 is 1.77 bits per heavy atom. The first-order valence-corrected chi connectivity index (χ1v) is 9.82. The van der Waals surface area contributed by atoms with Crippen molar-refractivity contribution < 1.29 is 17.9 Å². The van der Waals surface area contributed by atoms with Gasteiger partial charge in [0.15, 0.2) is 0 Å². The Bertz CT molecular complexity index is 865. The van der Waals surface area contributed by atoms with Crippen molar-refractivity contribution >= 4 is 21.6 Å². The summed E-state index contributed by atoms with van der Waals surface area (Å²) in [5, 5.41) is 2.77. The summed E-state index contributed by atoms with van der Waals surface area (Å²) >= 11 is 0. The first-order valence-electron chi connectivity index (χ1n) is 8.38. The lowest BCUT2D eigenvalue weighted by molar-refractivity contribution is -0.116. The largest absolute Gasteiger partial charge is 0.495 e. The number of hydrogen-bond donors (Lipinski definition) is 1. The van der Waals surface area contributed by atoms with E-state index in [-0.39, 0.29) is 29.6 Å². The van der Waals surface area contributed by atoms with Gasteiger partial charge in [0, 0.05) is 12.2 Å². The quantitative estimate of drug-likeness (QED) is 0.768. The molecule has 0 heterocycles. The summed E-state index contributed by atoms with van der Waals surface area (Å²) in [5.74, 6) is -0.126. The average molecular weight is 376 g/mol. The van der Waals surface area contributed by atoms with Crippen LogP contribution in [0.4, 0.5) is 5.69 Å². The summed E-state index contributed by atoms with van der Waals surface area (Å²) in [6, 6.07) is 13.8. The summed E-state index contributed by atoms with van der Waals surface area (Å²) in [5.41, 5.74) is 1.58. The van der Waals surface area contributed by atoms with Crippen molar-refractivity contribution in [3.05, 3.63) is 54.1 Å². The topological polar surface area (TPSA) is 75.7 Å². The van der Waals surface area contributed by atoms with Crippen molar-refractivity contribution in [1.82, 2.24) is 4.31 Å². The molecule has 7 heteroatoms. The van der Waals surface area contributed by atoms with E-state index < -0.39 is 10.0 Å². The normalized spacial score (nSPS) is 11.4. The standard InChI is InChI=1S/C19H24N2O4S/c1-4-13-21(14-19(22)20-16-10-6-5-9-15(16)2)26(23,24)18-12-8-7-11-17(18)25-3/h5-12H,4,13-14H2,1-3H3,(H,20,22). The monoisotopic (exact) mass is 376 g/mol. The number of aryl methyl sites for hydroxylation is 1. The Labute approximate surface area is 154 Å². The van der Waals surface area contributed by atoms with Crippen LogP contribution in [-0.4, -0.2) is 38.8 Å². The maximum absolute atomic E-state index is 13.0. The second-order valence-corrected chi connectivity index (χ2v) is 7.76. The highest BCUT2D eigenvalue weighted by atomic mass is 32.2. The van der Waals surface area contributed by atoms with E-state index in [0.29, 0.717) is 12.1 Å². The molecule has 0 fully saturated rings. The number of hydrogen-bond acceptors (Lipinski definition) is 4. The number of benzene rings is 2. The van der Waals surface area contributed by atoms with Crippen LogP contribution in [0.3, 0.4) is 0 Å². The Kier molecular flexibility index (Phi) is 6.76. The second kappa shape index (κ2) is 8.82.